The summed E-state index contributed by atoms with van der Waals surface area (Å²) in [4.78, 5) is 22.0. The molecule has 0 N–H and O–H groups in total. The monoisotopic (exact) mass is 299 g/mol. The highest BCUT2D eigenvalue weighted by Gasteiger charge is 2.18. The van der Waals surface area contributed by atoms with Gasteiger partial charge in [0.1, 0.15) is 0 Å². The average Bonchev–Trinajstić information content (AvgIpc) is 2.54. The van der Waals surface area contributed by atoms with Gasteiger partial charge in [0.2, 0.25) is 5.69 Å². The number of pyridine rings is 1. The van der Waals surface area contributed by atoms with Crippen molar-refractivity contribution in [1.29, 1.82) is 0 Å². The molecule has 1 aromatic heterocycles. The molecule has 0 unspecified atom stereocenters. The van der Waals surface area contributed by atoms with Crippen molar-refractivity contribution in [3.05, 3.63) is 70.0 Å². The van der Waals surface area contributed by atoms with Gasteiger partial charge in [0.25, 0.3) is 5.69 Å². The maximum atomic E-state index is 11.8. The summed E-state index contributed by atoms with van der Waals surface area (Å²) in [6, 6.07) is 11.5. The fraction of sp³-hybridized carbons (Fsp3) is 0.125. The minimum Gasteiger partial charge on any atom is -0.412 e. The minimum absolute atomic E-state index is 0.0402. The smallest absolute Gasteiger partial charge is 0.412 e. The van der Waals surface area contributed by atoms with E-state index in [2.05, 4.69) is 0 Å². The van der Waals surface area contributed by atoms with Crippen molar-refractivity contribution >= 4 is 23.9 Å². The molecule has 0 spiro atoms. The van der Waals surface area contributed by atoms with Crippen molar-refractivity contribution in [3.8, 4) is 0 Å². The molecule has 0 aliphatic heterocycles. The van der Waals surface area contributed by atoms with Crippen molar-refractivity contribution in [2.45, 2.75) is 6.92 Å². The molecule has 22 heavy (non-hydrogen) atoms. The number of nitro groups is 1. The first-order chi connectivity index (χ1) is 10.6. The summed E-state index contributed by atoms with van der Waals surface area (Å²) in [6.45, 7) is 2.04. The molecule has 0 fully saturated rings. The first kappa shape index (κ1) is 15.4. The first-order valence-corrected chi connectivity index (χ1v) is 6.72. The second-order valence-electron chi connectivity index (χ2n) is 4.38. The summed E-state index contributed by atoms with van der Waals surface area (Å²) >= 11 is 0. The van der Waals surface area contributed by atoms with Gasteiger partial charge in [0, 0.05) is 30.3 Å². The molecule has 0 amide bonds. The third-order valence-electron chi connectivity index (χ3n) is 2.91. The molecule has 1 aromatic carbocycles. The highest BCUT2D eigenvalue weighted by atomic mass is 16.6. The van der Waals surface area contributed by atoms with Gasteiger partial charge >= 0.3 is 6.09 Å². The predicted molar refractivity (Wildman–Crippen MR) is 81.1 cm³/mol. The van der Waals surface area contributed by atoms with E-state index in [1.54, 1.807) is 49.5 Å². The third kappa shape index (κ3) is 3.76. The molecule has 0 saturated carbocycles. The van der Waals surface area contributed by atoms with Gasteiger partial charge in [-0.25, -0.2) is 0 Å². The maximum Gasteiger partial charge on any atom is 0.602 e. The van der Waals surface area contributed by atoms with E-state index < -0.39 is 11.0 Å². The number of nitrogens with zero attached hydrogens (tertiary/aromatic N) is 2. The molecule has 0 atom stereocenters. The Morgan fingerprint density at radius 3 is 2.59 bits per heavy atom. The van der Waals surface area contributed by atoms with Gasteiger partial charge in [-0.3, -0.25) is 10.1 Å². The molecule has 2 rings (SSSR count). The summed E-state index contributed by atoms with van der Waals surface area (Å²) in [7, 11) is 0. The summed E-state index contributed by atoms with van der Waals surface area (Å²) in [5.74, 6) is 0. The number of carbonyl (C=O) groups excluding carboxylic acids is 1. The number of aromatic nitrogens is 1. The van der Waals surface area contributed by atoms with Crippen LogP contribution >= 0.6 is 0 Å². The van der Waals surface area contributed by atoms with Crippen LogP contribution in [-0.4, -0.2) is 17.6 Å². The van der Waals surface area contributed by atoms with Crippen LogP contribution in [0.1, 0.15) is 18.2 Å². The third-order valence-corrected chi connectivity index (χ3v) is 2.91. The molecule has 0 aliphatic carbocycles. The van der Waals surface area contributed by atoms with E-state index in [0.29, 0.717) is 12.3 Å². The SMILES string of the molecule is CCOC(=O)[n+]1ccccc1/C=C/c1ccc([N+](=O)[O-])cc1. The van der Waals surface area contributed by atoms with Gasteiger partial charge in [-0.1, -0.05) is 4.57 Å². The van der Waals surface area contributed by atoms with E-state index in [-0.39, 0.29) is 5.69 Å². The number of rotatable bonds is 4. The number of nitro benzene ring substituents is 1. The molecule has 0 aliphatic rings. The molecular formula is C16H15N2O4+. The minimum atomic E-state index is -0.452. The standard InChI is InChI=1S/C16H15N2O4/c1-2-22-16(19)17-12-4-3-5-14(17)9-6-13-7-10-15(11-8-13)18(20)21/h3-12H,2H2,1H3/q+1/b9-6+. The summed E-state index contributed by atoms with van der Waals surface area (Å²) in [5.41, 5.74) is 1.49. The van der Waals surface area contributed by atoms with Gasteiger partial charge in [-0.2, -0.15) is 4.79 Å². The topological polar surface area (TPSA) is 73.3 Å². The van der Waals surface area contributed by atoms with Crippen LogP contribution in [0.25, 0.3) is 12.2 Å². The number of ether oxygens (including phenoxy) is 1. The molecule has 112 valence electrons. The molecular weight excluding hydrogens is 284 g/mol. The summed E-state index contributed by atoms with van der Waals surface area (Å²) in [6.07, 6.45) is 4.69. The lowest BCUT2D eigenvalue weighted by molar-refractivity contribution is -0.587. The quantitative estimate of drug-likeness (QED) is 0.494. The van der Waals surface area contributed by atoms with Crippen LogP contribution in [0.3, 0.4) is 0 Å². The molecule has 6 nitrogen and oxygen atoms in total. The zero-order chi connectivity index (χ0) is 15.9. The van der Waals surface area contributed by atoms with Crippen molar-refractivity contribution in [2.75, 3.05) is 6.61 Å². The Labute approximate surface area is 127 Å². The Morgan fingerprint density at radius 2 is 1.95 bits per heavy atom. The van der Waals surface area contributed by atoms with Gasteiger partial charge < -0.3 is 4.74 Å². The first-order valence-electron chi connectivity index (χ1n) is 6.72. The van der Waals surface area contributed by atoms with E-state index in [0.717, 1.165) is 5.56 Å². The van der Waals surface area contributed by atoms with Crippen LogP contribution in [0.2, 0.25) is 0 Å². The van der Waals surface area contributed by atoms with Gasteiger partial charge in [0.05, 0.1) is 11.5 Å². The predicted octanol–water partition coefficient (Wildman–Crippen LogP) is 3.06. The summed E-state index contributed by atoms with van der Waals surface area (Å²) < 4.78 is 6.37. The van der Waals surface area contributed by atoms with E-state index >= 15 is 0 Å². The van der Waals surface area contributed by atoms with Crippen molar-refractivity contribution in [2.24, 2.45) is 0 Å². The number of non-ortho nitro benzene ring substituents is 1. The van der Waals surface area contributed by atoms with Crippen molar-refractivity contribution in [3.63, 3.8) is 0 Å². The number of carbonyl (C=O) groups is 1. The van der Waals surface area contributed by atoms with Crippen LogP contribution in [-0.2, 0) is 4.74 Å². The Balaban J connectivity index is 2.23. The zero-order valence-electron chi connectivity index (χ0n) is 12.0. The Morgan fingerprint density at radius 1 is 1.23 bits per heavy atom. The Bertz CT molecular complexity index is 708. The lowest BCUT2D eigenvalue weighted by atomic mass is 10.2. The lowest BCUT2D eigenvalue weighted by Gasteiger charge is -1.98. The average molecular weight is 299 g/mol. The zero-order valence-corrected chi connectivity index (χ0v) is 12.0. The molecule has 1 heterocycles. The van der Waals surface area contributed by atoms with E-state index in [9.17, 15) is 14.9 Å². The molecule has 0 bridgehead atoms. The maximum absolute atomic E-state index is 11.8. The number of hydrogen-bond donors (Lipinski definition) is 0. The van der Waals surface area contributed by atoms with Crippen LogP contribution in [0.5, 0.6) is 0 Å². The molecule has 0 radical (unpaired) electrons. The van der Waals surface area contributed by atoms with Crippen LogP contribution < -0.4 is 4.57 Å². The van der Waals surface area contributed by atoms with Gasteiger partial charge in [0.15, 0.2) is 6.20 Å². The molecule has 2 aromatic rings. The van der Waals surface area contributed by atoms with E-state index in [4.69, 9.17) is 4.74 Å². The lowest BCUT2D eigenvalue weighted by Crippen LogP contribution is -2.45. The van der Waals surface area contributed by atoms with Crippen molar-refractivity contribution < 1.29 is 19.0 Å². The van der Waals surface area contributed by atoms with E-state index in [1.165, 1.54) is 16.7 Å². The molecule has 6 heteroatoms. The van der Waals surface area contributed by atoms with E-state index in [1.807, 2.05) is 6.07 Å². The highest BCUT2D eigenvalue weighted by molar-refractivity contribution is 5.69. The Kier molecular flexibility index (Phi) is 4.98. The number of hydrogen-bond acceptors (Lipinski definition) is 4. The number of benzene rings is 1. The second kappa shape index (κ2) is 7.12. The molecule has 0 saturated heterocycles. The van der Waals surface area contributed by atoms with Gasteiger partial charge in [-0.15, -0.1) is 0 Å². The normalized spacial score (nSPS) is 10.6. The highest BCUT2D eigenvalue weighted by Crippen LogP contribution is 2.13. The van der Waals surface area contributed by atoms with Crippen LogP contribution in [0, 0.1) is 10.1 Å². The van der Waals surface area contributed by atoms with Crippen LogP contribution in [0.15, 0.2) is 48.7 Å². The second-order valence-corrected chi connectivity index (χ2v) is 4.38. The van der Waals surface area contributed by atoms with Crippen LogP contribution in [0.4, 0.5) is 10.5 Å². The fourth-order valence-electron chi connectivity index (χ4n) is 1.84. The fourth-order valence-corrected chi connectivity index (χ4v) is 1.84. The van der Waals surface area contributed by atoms with Gasteiger partial charge in [-0.05, 0) is 36.8 Å². The summed E-state index contributed by atoms with van der Waals surface area (Å²) in [5, 5.41) is 10.6. The van der Waals surface area contributed by atoms with Crippen molar-refractivity contribution in [1.82, 2.24) is 0 Å². The Hall–Kier alpha value is -3.02. The largest absolute Gasteiger partial charge is 0.602 e.